The Morgan fingerprint density at radius 3 is 2.85 bits per heavy atom. The third kappa shape index (κ3) is 1.89. The number of hydrogen-bond acceptors (Lipinski definition) is 5. The first-order valence-corrected chi connectivity index (χ1v) is 8.26. The Bertz CT molecular complexity index is 633. The molecule has 0 aromatic carbocycles. The van der Waals surface area contributed by atoms with E-state index in [-0.39, 0.29) is 0 Å². The molecule has 1 aliphatic heterocycles. The van der Waals surface area contributed by atoms with Gasteiger partial charge in [-0.15, -0.1) is 0 Å². The van der Waals surface area contributed by atoms with Crippen molar-refractivity contribution in [3.63, 3.8) is 0 Å². The minimum Gasteiger partial charge on any atom is -0.316 e. The topological polar surface area (TPSA) is 54.2 Å². The van der Waals surface area contributed by atoms with E-state index in [1.165, 1.54) is 24.5 Å². The van der Waals surface area contributed by atoms with Gasteiger partial charge >= 0.3 is 0 Å². The van der Waals surface area contributed by atoms with E-state index in [0.717, 1.165) is 28.3 Å². The smallest absolute Gasteiger partial charge is 0.212 e. The number of aromatic nitrogens is 3. The Hall–Kier alpha value is -0.980. The Labute approximate surface area is 122 Å². The largest absolute Gasteiger partial charge is 0.316 e. The minimum atomic E-state index is 0.446. The molecule has 108 valence electrons. The fourth-order valence-corrected chi connectivity index (χ4v) is 4.23. The SMILES string of the molecule is Cc1nn2c(CNC3[C@H]4CNC[C@@H]34)c(C(C)C)nc2s1. The van der Waals surface area contributed by atoms with Crippen LogP contribution >= 0.6 is 11.3 Å². The molecule has 2 N–H and O–H groups in total. The van der Waals surface area contributed by atoms with Crippen LogP contribution in [-0.2, 0) is 6.54 Å². The lowest BCUT2D eigenvalue weighted by Crippen LogP contribution is -2.28. The summed E-state index contributed by atoms with van der Waals surface area (Å²) in [6.45, 7) is 9.70. The molecule has 1 unspecified atom stereocenters. The maximum absolute atomic E-state index is 4.77. The fraction of sp³-hybridized carbons (Fsp3) is 0.714. The van der Waals surface area contributed by atoms with Gasteiger partial charge in [-0.25, -0.2) is 9.50 Å². The molecule has 1 saturated carbocycles. The average Bonchev–Trinajstić information content (AvgIpc) is 2.79. The molecule has 2 aliphatic rings. The molecule has 5 nitrogen and oxygen atoms in total. The van der Waals surface area contributed by atoms with Gasteiger partial charge in [-0.1, -0.05) is 25.2 Å². The van der Waals surface area contributed by atoms with Gasteiger partial charge in [0.15, 0.2) is 0 Å². The zero-order valence-corrected chi connectivity index (χ0v) is 13.0. The van der Waals surface area contributed by atoms with E-state index in [1.807, 2.05) is 11.4 Å². The van der Waals surface area contributed by atoms with Crippen LogP contribution in [0.5, 0.6) is 0 Å². The highest BCUT2D eigenvalue weighted by Crippen LogP contribution is 2.41. The first-order valence-electron chi connectivity index (χ1n) is 7.44. The number of piperidine rings is 1. The summed E-state index contributed by atoms with van der Waals surface area (Å²) in [5.74, 6) is 2.14. The van der Waals surface area contributed by atoms with Gasteiger partial charge in [-0.05, 0) is 37.8 Å². The summed E-state index contributed by atoms with van der Waals surface area (Å²) in [6.07, 6.45) is 0. The number of nitrogens with zero attached hydrogens (tertiary/aromatic N) is 3. The van der Waals surface area contributed by atoms with Crippen LogP contribution in [0.1, 0.15) is 36.2 Å². The molecule has 1 aliphatic carbocycles. The molecule has 0 radical (unpaired) electrons. The van der Waals surface area contributed by atoms with Crippen LogP contribution < -0.4 is 10.6 Å². The first kappa shape index (κ1) is 12.7. The van der Waals surface area contributed by atoms with Crippen molar-refractivity contribution in [3.8, 4) is 0 Å². The molecule has 4 rings (SSSR count). The predicted octanol–water partition coefficient (Wildman–Crippen LogP) is 1.53. The number of fused-ring (bicyclic) bond motifs is 2. The van der Waals surface area contributed by atoms with Gasteiger partial charge in [0.2, 0.25) is 4.96 Å². The fourth-order valence-electron chi connectivity index (χ4n) is 3.46. The van der Waals surface area contributed by atoms with Crippen molar-refractivity contribution < 1.29 is 0 Å². The van der Waals surface area contributed by atoms with Gasteiger partial charge < -0.3 is 10.6 Å². The number of imidazole rings is 1. The zero-order valence-electron chi connectivity index (χ0n) is 12.2. The highest BCUT2D eigenvalue weighted by atomic mass is 32.1. The molecule has 0 spiro atoms. The average molecular weight is 291 g/mol. The van der Waals surface area contributed by atoms with Gasteiger partial charge in [0.05, 0.1) is 11.4 Å². The second-order valence-corrected chi connectivity index (χ2v) is 7.47. The lowest BCUT2D eigenvalue weighted by atomic mass is 10.1. The molecule has 3 heterocycles. The van der Waals surface area contributed by atoms with Crippen LogP contribution in [0.15, 0.2) is 0 Å². The van der Waals surface area contributed by atoms with Gasteiger partial charge in [0.1, 0.15) is 5.01 Å². The number of hydrogen-bond donors (Lipinski definition) is 2. The highest BCUT2D eigenvalue weighted by molar-refractivity contribution is 7.16. The molecule has 3 atom stereocenters. The van der Waals surface area contributed by atoms with Crippen molar-refractivity contribution >= 4 is 16.3 Å². The van der Waals surface area contributed by atoms with Gasteiger partial charge in [0, 0.05) is 12.6 Å². The van der Waals surface area contributed by atoms with E-state index in [2.05, 4.69) is 29.6 Å². The second kappa shape index (κ2) is 4.51. The maximum atomic E-state index is 4.77. The molecule has 1 saturated heterocycles. The van der Waals surface area contributed by atoms with E-state index in [1.54, 1.807) is 11.3 Å². The number of nitrogens with one attached hydrogen (secondary N) is 2. The van der Waals surface area contributed by atoms with Gasteiger partial charge in [-0.3, -0.25) is 0 Å². The Morgan fingerprint density at radius 1 is 1.40 bits per heavy atom. The third-order valence-corrected chi connectivity index (χ3v) is 5.40. The van der Waals surface area contributed by atoms with Crippen LogP contribution in [0.3, 0.4) is 0 Å². The Morgan fingerprint density at radius 2 is 2.15 bits per heavy atom. The van der Waals surface area contributed by atoms with E-state index in [0.29, 0.717) is 12.0 Å². The second-order valence-electron chi connectivity index (χ2n) is 6.31. The summed E-state index contributed by atoms with van der Waals surface area (Å²) < 4.78 is 2.04. The van der Waals surface area contributed by atoms with Crippen LogP contribution in [0.2, 0.25) is 0 Å². The van der Waals surface area contributed by atoms with Crippen molar-refractivity contribution in [1.29, 1.82) is 0 Å². The molecular weight excluding hydrogens is 270 g/mol. The van der Waals surface area contributed by atoms with Crippen molar-refractivity contribution in [3.05, 3.63) is 16.4 Å². The lowest BCUT2D eigenvalue weighted by molar-refractivity contribution is 0.553. The maximum Gasteiger partial charge on any atom is 0.212 e. The normalized spacial score (nSPS) is 28.5. The van der Waals surface area contributed by atoms with E-state index in [9.17, 15) is 0 Å². The quantitative estimate of drug-likeness (QED) is 0.897. The summed E-state index contributed by atoms with van der Waals surface area (Å²) in [4.78, 5) is 5.80. The molecule has 0 amide bonds. The van der Waals surface area contributed by atoms with Crippen molar-refractivity contribution in [2.45, 2.75) is 39.3 Å². The predicted molar refractivity (Wildman–Crippen MR) is 80.2 cm³/mol. The van der Waals surface area contributed by atoms with Crippen molar-refractivity contribution in [2.24, 2.45) is 11.8 Å². The lowest BCUT2D eigenvalue weighted by Gasteiger charge is -2.09. The van der Waals surface area contributed by atoms with Crippen LogP contribution in [0, 0.1) is 18.8 Å². The molecule has 0 bridgehead atoms. The Balaban J connectivity index is 1.58. The van der Waals surface area contributed by atoms with Crippen molar-refractivity contribution in [1.82, 2.24) is 25.2 Å². The minimum absolute atomic E-state index is 0.446. The van der Waals surface area contributed by atoms with Crippen molar-refractivity contribution in [2.75, 3.05) is 13.1 Å². The Kier molecular flexibility index (Phi) is 2.87. The molecular formula is C14H21N5S. The van der Waals surface area contributed by atoms with Crippen LogP contribution in [0.25, 0.3) is 4.96 Å². The van der Waals surface area contributed by atoms with Crippen LogP contribution in [-0.4, -0.2) is 33.7 Å². The van der Waals surface area contributed by atoms with E-state index < -0.39 is 0 Å². The standard InChI is InChI=1S/C14H21N5S/c1-7(2)12-11(19-14(17-12)20-8(3)18-19)6-16-13-9-4-15-5-10(9)13/h7,9-10,13,15-16H,4-6H2,1-3H3/t9-,10+,13?. The number of rotatable bonds is 4. The van der Waals surface area contributed by atoms with Gasteiger partial charge in [-0.2, -0.15) is 5.10 Å². The molecule has 2 aromatic heterocycles. The molecule has 6 heteroatoms. The van der Waals surface area contributed by atoms with Gasteiger partial charge in [0.25, 0.3) is 0 Å². The number of aryl methyl sites for hydroxylation is 1. The molecule has 2 aromatic rings. The summed E-state index contributed by atoms with van der Waals surface area (Å²) in [6, 6.07) is 0.696. The first-order chi connectivity index (χ1) is 9.65. The zero-order chi connectivity index (χ0) is 13.9. The molecule has 20 heavy (non-hydrogen) atoms. The van der Waals surface area contributed by atoms with E-state index >= 15 is 0 Å². The monoisotopic (exact) mass is 291 g/mol. The molecule has 2 fully saturated rings. The summed E-state index contributed by atoms with van der Waals surface area (Å²) >= 11 is 1.67. The summed E-state index contributed by atoms with van der Waals surface area (Å²) in [5.41, 5.74) is 2.44. The van der Waals surface area contributed by atoms with E-state index in [4.69, 9.17) is 4.98 Å². The third-order valence-electron chi connectivity index (χ3n) is 4.57. The summed E-state index contributed by atoms with van der Waals surface area (Å²) in [5, 5.41) is 12.8. The summed E-state index contributed by atoms with van der Waals surface area (Å²) in [7, 11) is 0. The highest BCUT2D eigenvalue weighted by Gasteiger charge is 2.52. The van der Waals surface area contributed by atoms with Crippen LogP contribution in [0.4, 0.5) is 0 Å².